The van der Waals surface area contributed by atoms with Crippen molar-refractivity contribution in [3.8, 4) is 11.5 Å². The van der Waals surface area contributed by atoms with Crippen LogP contribution in [0.15, 0.2) is 54.6 Å². The van der Waals surface area contributed by atoms with Gasteiger partial charge >= 0.3 is 6.18 Å². The maximum atomic E-state index is 14.8. The topological polar surface area (TPSA) is 80.3 Å². The van der Waals surface area contributed by atoms with Crippen LogP contribution in [0.3, 0.4) is 0 Å². The minimum atomic E-state index is -4.56. The van der Waals surface area contributed by atoms with Crippen molar-refractivity contribution >= 4 is 44.2 Å². The molecule has 0 bridgehead atoms. The Morgan fingerprint density at radius 1 is 0.951 bits per heavy atom. The lowest BCUT2D eigenvalue weighted by molar-refractivity contribution is -0.137. The predicted molar refractivity (Wildman–Crippen MR) is 145 cm³/mol. The molecule has 0 spiro atoms. The number of nitrogens with one attached hydrogen (secondary N) is 2. The van der Waals surface area contributed by atoms with Gasteiger partial charge in [0.1, 0.15) is 11.6 Å². The van der Waals surface area contributed by atoms with E-state index < -0.39 is 35.7 Å². The van der Waals surface area contributed by atoms with E-state index in [9.17, 15) is 31.5 Å². The number of carbonyl (C=O) groups excluding carboxylic acids is 2. The summed E-state index contributed by atoms with van der Waals surface area (Å²) in [7, 11) is 0. The molecule has 5 rings (SSSR count). The fourth-order valence-electron chi connectivity index (χ4n) is 4.66. The molecule has 0 saturated heterocycles. The van der Waals surface area contributed by atoms with Crippen LogP contribution >= 0.6 is 11.3 Å². The first-order valence-corrected chi connectivity index (χ1v) is 13.7. The monoisotopic (exact) mass is 589 g/mol. The lowest BCUT2D eigenvalue weighted by atomic mass is 9.89. The Hall–Kier alpha value is -4.06. The largest absolute Gasteiger partial charge is 0.454 e. The third-order valence-corrected chi connectivity index (χ3v) is 7.64. The quantitative estimate of drug-likeness (QED) is 0.214. The molecular weight excluding hydrogens is 565 g/mol. The molecule has 2 N–H and O–H groups in total. The Morgan fingerprint density at radius 2 is 1.73 bits per heavy atom. The number of nitrogens with zero attached hydrogens (tertiary/aromatic N) is 1. The van der Waals surface area contributed by atoms with Gasteiger partial charge in [-0.2, -0.15) is 13.2 Å². The van der Waals surface area contributed by atoms with Crippen LogP contribution in [0.2, 0.25) is 0 Å². The number of fused-ring (bicyclic) bond motifs is 1. The summed E-state index contributed by atoms with van der Waals surface area (Å²) in [6, 6.07) is 10.2. The maximum absolute atomic E-state index is 14.8. The van der Waals surface area contributed by atoms with Crippen LogP contribution in [-0.4, -0.2) is 16.8 Å². The number of ether oxygens (including phenoxy) is 1. The van der Waals surface area contributed by atoms with Crippen LogP contribution in [-0.2, 0) is 22.2 Å². The number of alkyl halides is 3. The Kier molecular flexibility index (Phi) is 8.20. The fourth-order valence-corrected chi connectivity index (χ4v) is 5.54. The molecule has 2 amide bonds. The number of hydrogen-bond donors (Lipinski definition) is 2. The van der Waals surface area contributed by atoms with Gasteiger partial charge in [0.15, 0.2) is 16.7 Å². The number of halogens is 5. The van der Waals surface area contributed by atoms with Gasteiger partial charge in [-0.1, -0.05) is 48.8 Å². The molecule has 4 aromatic rings. The van der Waals surface area contributed by atoms with Crippen molar-refractivity contribution in [3.63, 3.8) is 0 Å². The minimum absolute atomic E-state index is 0.00867. The Bertz CT molecular complexity index is 1600. The molecule has 1 saturated carbocycles. The fraction of sp³-hybridized carbons (Fsp3) is 0.276. The van der Waals surface area contributed by atoms with Gasteiger partial charge in [-0.05, 0) is 36.6 Å². The summed E-state index contributed by atoms with van der Waals surface area (Å²) in [5.74, 6) is -2.65. The molecule has 12 heteroatoms. The van der Waals surface area contributed by atoms with Crippen molar-refractivity contribution in [1.82, 2.24) is 4.98 Å². The van der Waals surface area contributed by atoms with Gasteiger partial charge in [-0.15, -0.1) is 0 Å². The van der Waals surface area contributed by atoms with Gasteiger partial charge in [-0.25, -0.2) is 13.8 Å². The van der Waals surface area contributed by atoms with E-state index in [4.69, 9.17) is 4.74 Å². The van der Waals surface area contributed by atoms with E-state index in [1.54, 1.807) is 0 Å². The zero-order valence-corrected chi connectivity index (χ0v) is 22.3. The number of carbonyl (C=O) groups is 2. The van der Waals surface area contributed by atoms with Crippen molar-refractivity contribution < 1.29 is 36.3 Å². The average molecular weight is 590 g/mol. The summed E-state index contributed by atoms with van der Waals surface area (Å²) in [5.41, 5.74) is -0.755. The van der Waals surface area contributed by atoms with Crippen molar-refractivity contribution in [1.29, 1.82) is 0 Å². The summed E-state index contributed by atoms with van der Waals surface area (Å²) in [5, 5.41) is 5.48. The van der Waals surface area contributed by atoms with Gasteiger partial charge < -0.3 is 15.4 Å². The van der Waals surface area contributed by atoms with Crippen molar-refractivity contribution in [2.45, 2.75) is 44.7 Å². The van der Waals surface area contributed by atoms with Gasteiger partial charge in [0.2, 0.25) is 11.8 Å². The number of aromatic nitrogens is 1. The highest BCUT2D eigenvalue weighted by atomic mass is 32.1. The first-order valence-electron chi connectivity index (χ1n) is 12.9. The normalized spacial score (nSPS) is 14.2. The van der Waals surface area contributed by atoms with Crippen LogP contribution in [0.5, 0.6) is 11.5 Å². The van der Waals surface area contributed by atoms with Crippen molar-refractivity contribution in [3.05, 3.63) is 77.4 Å². The number of amides is 2. The van der Waals surface area contributed by atoms with Crippen molar-refractivity contribution in [2.75, 3.05) is 10.6 Å². The molecule has 6 nitrogen and oxygen atoms in total. The highest BCUT2D eigenvalue weighted by Gasteiger charge is 2.30. The molecule has 1 aliphatic rings. The van der Waals surface area contributed by atoms with Crippen LogP contribution in [0.25, 0.3) is 10.2 Å². The summed E-state index contributed by atoms with van der Waals surface area (Å²) >= 11 is 1.16. The Morgan fingerprint density at radius 3 is 2.49 bits per heavy atom. The molecule has 0 atom stereocenters. The number of rotatable bonds is 7. The summed E-state index contributed by atoms with van der Waals surface area (Å²) in [4.78, 5) is 29.3. The van der Waals surface area contributed by atoms with E-state index in [-0.39, 0.29) is 34.6 Å². The van der Waals surface area contributed by atoms with E-state index in [2.05, 4.69) is 15.6 Å². The zero-order chi connectivity index (χ0) is 29.1. The SMILES string of the molecule is O=C(Cc1cccc(C(F)(F)F)c1)Nc1cc(Oc2cc3sc(NC(=O)C4CCCCC4)nc3cc2F)ccc1F. The van der Waals surface area contributed by atoms with Crippen LogP contribution < -0.4 is 15.4 Å². The second kappa shape index (κ2) is 11.8. The molecule has 0 aliphatic heterocycles. The smallest absolute Gasteiger partial charge is 0.416 e. The molecule has 1 aromatic heterocycles. The van der Waals surface area contributed by atoms with Crippen LogP contribution in [0, 0.1) is 17.6 Å². The third-order valence-electron chi connectivity index (χ3n) is 6.71. The van der Waals surface area contributed by atoms with Crippen LogP contribution in [0.1, 0.15) is 43.2 Å². The first kappa shape index (κ1) is 28.5. The molecule has 214 valence electrons. The number of anilines is 2. The number of benzene rings is 3. The molecule has 3 aromatic carbocycles. The summed E-state index contributed by atoms with van der Waals surface area (Å²) < 4.78 is 74.3. The lowest BCUT2D eigenvalue weighted by Gasteiger charge is -2.19. The number of thiazole rings is 1. The minimum Gasteiger partial charge on any atom is -0.454 e. The van der Waals surface area contributed by atoms with E-state index in [1.807, 2.05) is 0 Å². The first-order chi connectivity index (χ1) is 19.5. The van der Waals surface area contributed by atoms with Crippen molar-refractivity contribution in [2.24, 2.45) is 5.92 Å². The second-order valence-electron chi connectivity index (χ2n) is 9.76. The average Bonchev–Trinajstić information content (AvgIpc) is 3.31. The molecule has 0 unspecified atom stereocenters. The molecular formula is C29H24F5N3O3S. The van der Waals surface area contributed by atoms with E-state index in [0.29, 0.717) is 15.3 Å². The molecule has 1 aliphatic carbocycles. The Balaban J connectivity index is 1.28. The Labute approximate surface area is 235 Å². The van der Waals surface area contributed by atoms with E-state index >= 15 is 0 Å². The summed E-state index contributed by atoms with van der Waals surface area (Å²) in [6.07, 6.45) is -0.197. The van der Waals surface area contributed by atoms with Crippen LogP contribution in [0.4, 0.5) is 32.8 Å². The van der Waals surface area contributed by atoms with Gasteiger partial charge in [0, 0.05) is 24.1 Å². The van der Waals surface area contributed by atoms with E-state index in [0.717, 1.165) is 67.7 Å². The second-order valence-corrected chi connectivity index (χ2v) is 10.8. The van der Waals surface area contributed by atoms with Gasteiger partial charge in [-0.3, -0.25) is 9.59 Å². The predicted octanol–water partition coefficient (Wildman–Crippen LogP) is 8.09. The maximum Gasteiger partial charge on any atom is 0.416 e. The molecule has 1 fully saturated rings. The molecule has 0 radical (unpaired) electrons. The third kappa shape index (κ3) is 6.99. The molecule has 41 heavy (non-hydrogen) atoms. The lowest BCUT2D eigenvalue weighted by Crippen LogP contribution is -2.24. The zero-order valence-electron chi connectivity index (χ0n) is 21.5. The number of hydrogen-bond acceptors (Lipinski definition) is 5. The van der Waals surface area contributed by atoms with Gasteiger partial charge in [0.05, 0.1) is 27.9 Å². The standard InChI is InChI=1S/C29H24F5N3O3S/c30-20-10-9-19(13-22(20)35-26(38)12-16-5-4-8-18(11-16)29(32,33)34)40-24-15-25-23(14-21(24)31)36-28(41-25)37-27(39)17-6-2-1-3-7-17/h4-5,8-11,13-15,17H,1-3,6-7,12H2,(H,35,38)(H,36,37,39). The molecule has 1 heterocycles. The summed E-state index contributed by atoms with van der Waals surface area (Å²) in [6.45, 7) is 0. The highest BCUT2D eigenvalue weighted by Crippen LogP contribution is 2.35. The van der Waals surface area contributed by atoms with E-state index in [1.165, 1.54) is 30.3 Å². The van der Waals surface area contributed by atoms with Gasteiger partial charge in [0.25, 0.3) is 0 Å². The highest BCUT2D eigenvalue weighted by molar-refractivity contribution is 7.22.